The van der Waals surface area contributed by atoms with Gasteiger partial charge in [0.1, 0.15) is 5.82 Å². The second-order valence-electron chi connectivity index (χ2n) is 7.28. The van der Waals surface area contributed by atoms with Crippen LogP contribution in [-0.2, 0) is 9.53 Å². The van der Waals surface area contributed by atoms with E-state index < -0.39 is 11.9 Å². The summed E-state index contributed by atoms with van der Waals surface area (Å²) in [5.41, 5.74) is 0.240. The van der Waals surface area contributed by atoms with Crippen molar-refractivity contribution in [1.29, 1.82) is 0 Å². The molecule has 2 saturated heterocycles. The van der Waals surface area contributed by atoms with Gasteiger partial charge in [0.15, 0.2) is 5.69 Å². The smallest absolute Gasteiger partial charge is 0.309 e. The fourth-order valence-electron chi connectivity index (χ4n) is 3.73. The summed E-state index contributed by atoms with van der Waals surface area (Å²) in [6.45, 7) is 5.52. The number of hydrogen-bond donors (Lipinski definition) is 1. The summed E-state index contributed by atoms with van der Waals surface area (Å²) < 4.78 is 5.68. The van der Waals surface area contributed by atoms with E-state index in [0.29, 0.717) is 31.9 Å². The number of rotatable bonds is 4. The van der Waals surface area contributed by atoms with Gasteiger partial charge in [-0.05, 0) is 25.2 Å². The van der Waals surface area contributed by atoms with Gasteiger partial charge in [-0.2, -0.15) is 0 Å². The number of amides is 1. The minimum Gasteiger partial charge on any atom is -0.481 e. The van der Waals surface area contributed by atoms with Crippen LogP contribution in [-0.4, -0.2) is 57.7 Å². The number of piperidine rings is 1. The van der Waals surface area contributed by atoms with Crippen molar-refractivity contribution in [2.24, 2.45) is 11.8 Å². The van der Waals surface area contributed by atoms with E-state index in [1.165, 1.54) is 6.20 Å². The van der Waals surface area contributed by atoms with E-state index in [1.807, 2.05) is 13.8 Å². The molecule has 142 valence electrons. The maximum atomic E-state index is 12.8. The van der Waals surface area contributed by atoms with Crippen LogP contribution in [0.3, 0.4) is 0 Å². The van der Waals surface area contributed by atoms with Gasteiger partial charge in [-0.1, -0.05) is 25.4 Å². The maximum absolute atomic E-state index is 12.8. The van der Waals surface area contributed by atoms with Gasteiger partial charge in [-0.3, -0.25) is 9.59 Å². The Bertz CT molecular complexity index is 689. The van der Waals surface area contributed by atoms with Crippen molar-refractivity contribution < 1.29 is 19.4 Å². The normalized spacial score (nSPS) is 24.2. The summed E-state index contributed by atoms with van der Waals surface area (Å²) in [7, 11) is 0. The monoisotopic (exact) mass is 381 g/mol. The molecule has 0 aromatic carbocycles. The van der Waals surface area contributed by atoms with Gasteiger partial charge in [-0.15, -0.1) is 0 Å². The highest BCUT2D eigenvalue weighted by atomic mass is 35.5. The zero-order valence-corrected chi connectivity index (χ0v) is 15.8. The van der Waals surface area contributed by atoms with Gasteiger partial charge in [0.05, 0.1) is 23.2 Å². The van der Waals surface area contributed by atoms with E-state index in [-0.39, 0.29) is 34.6 Å². The molecular formula is C18H24ClN3O4. The van der Waals surface area contributed by atoms with E-state index >= 15 is 0 Å². The van der Waals surface area contributed by atoms with Gasteiger partial charge in [0.25, 0.3) is 5.91 Å². The number of likely N-dealkylation sites (tertiary alicyclic amines) is 1. The highest BCUT2D eigenvalue weighted by Gasteiger charge is 2.41. The van der Waals surface area contributed by atoms with E-state index in [1.54, 1.807) is 4.90 Å². The molecule has 3 rings (SSSR count). The van der Waals surface area contributed by atoms with Crippen LogP contribution < -0.4 is 0 Å². The third-order valence-corrected chi connectivity index (χ3v) is 5.50. The molecule has 1 unspecified atom stereocenters. The lowest BCUT2D eigenvalue weighted by atomic mass is 9.84. The molecule has 0 bridgehead atoms. The van der Waals surface area contributed by atoms with Crippen LogP contribution in [0.2, 0.25) is 5.02 Å². The number of aliphatic carboxylic acids is 1. The molecule has 0 saturated carbocycles. The van der Waals surface area contributed by atoms with Crippen LogP contribution in [0.5, 0.6) is 0 Å². The van der Waals surface area contributed by atoms with Crippen molar-refractivity contribution in [2.45, 2.75) is 45.1 Å². The van der Waals surface area contributed by atoms with Crippen LogP contribution in [0.15, 0.2) is 6.20 Å². The van der Waals surface area contributed by atoms with Crippen molar-refractivity contribution in [2.75, 3.05) is 19.7 Å². The molecule has 2 fully saturated rings. The molecule has 7 nitrogen and oxygen atoms in total. The Morgan fingerprint density at radius 2 is 2.00 bits per heavy atom. The molecule has 0 radical (unpaired) electrons. The highest BCUT2D eigenvalue weighted by Crippen LogP contribution is 2.33. The van der Waals surface area contributed by atoms with E-state index in [0.717, 1.165) is 12.8 Å². The van der Waals surface area contributed by atoms with Crippen molar-refractivity contribution in [3.63, 3.8) is 0 Å². The Morgan fingerprint density at radius 3 is 2.62 bits per heavy atom. The lowest BCUT2D eigenvalue weighted by Gasteiger charge is -2.35. The molecule has 26 heavy (non-hydrogen) atoms. The lowest BCUT2D eigenvalue weighted by Crippen LogP contribution is -2.43. The minimum atomic E-state index is -0.792. The van der Waals surface area contributed by atoms with Crippen LogP contribution in [0, 0.1) is 11.8 Å². The SMILES string of the molecule is CC(C)c1ncc(Cl)c(C(=O)N2CCC([C@@H]3OCCC3C(=O)O)CC2)n1. The predicted octanol–water partition coefficient (Wildman–Crippen LogP) is 2.60. The van der Waals surface area contributed by atoms with Crippen LogP contribution in [0.4, 0.5) is 0 Å². The first-order valence-electron chi connectivity index (χ1n) is 9.04. The Morgan fingerprint density at radius 1 is 1.31 bits per heavy atom. The second-order valence-corrected chi connectivity index (χ2v) is 7.69. The lowest BCUT2D eigenvalue weighted by molar-refractivity contribution is -0.145. The summed E-state index contributed by atoms with van der Waals surface area (Å²) in [5, 5.41) is 9.59. The van der Waals surface area contributed by atoms with Gasteiger partial charge in [0, 0.05) is 25.6 Å². The molecule has 2 aliphatic rings. The van der Waals surface area contributed by atoms with E-state index in [9.17, 15) is 14.7 Å². The quantitative estimate of drug-likeness (QED) is 0.861. The Balaban J connectivity index is 1.66. The van der Waals surface area contributed by atoms with Crippen LogP contribution >= 0.6 is 11.6 Å². The third kappa shape index (κ3) is 3.83. The molecular weight excluding hydrogens is 358 g/mol. The number of aromatic nitrogens is 2. The maximum Gasteiger partial charge on any atom is 0.309 e. The molecule has 1 aromatic heterocycles. The molecule has 2 aliphatic heterocycles. The topological polar surface area (TPSA) is 92.6 Å². The average molecular weight is 382 g/mol. The van der Waals surface area contributed by atoms with Gasteiger partial charge in [0.2, 0.25) is 0 Å². The molecule has 1 N–H and O–H groups in total. The zero-order chi connectivity index (χ0) is 18.8. The van der Waals surface area contributed by atoms with Crippen molar-refractivity contribution in [1.82, 2.24) is 14.9 Å². The molecule has 8 heteroatoms. The summed E-state index contributed by atoms with van der Waals surface area (Å²) in [6, 6.07) is 0. The Kier molecular flexibility index (Phi) is 5.77. The number of carbonyl (C=O) groups is 2. The second kappa shape index (κ2) is 7.88. The molecule has 2 atom stereocenters. The first kappa shape index (κ1) is 19.0. The minimum absolute atomic E-state index is 0.108. The first-order valence-corrected chi connectivity index (χ1v) is 9.42. The third-order valence-electron chi connectivity index (χ3n) is 5.23. The van der Waals surface area contributed by atoms with Crippen LogP contribution in [0.1, 0.15) is 55.3 Å². The highest BCUT2D eigenvalue weighted by molar-refractivity contribution is 6.33. The number of carboxylic acid groups (broad SMARTS) is 1. The number of carboxylic acids is 1. The summed E-state index contributed by atoms with van der Waals surface area (Å²) >= 11 is 6.14. The van der Waals surface area contributed by atoms with Crippen molar-refractivity contribution in [3.8, 4) is 0 Å². The molecule has 1 aromatic rings. The Labute approximate surface area is 157 Å². The van der Waals surface area contributed by atoms with Gasteiger partial charge >= 0.3 is 5.97 Å². The number of carbonyl (C=O) groups excluding carboxylic acids is 1. The first-order chi connectivity index (χ1) is 12.4. The largest absolute Gasteiger partial charge is 0.481 e. The Hall–Kier alpha value is -1.73. The molecule has 1 amide bonds. The molecule has 0 spiro atoms. The summed E-state index contributed by atoms with van der Waals surface area (Å²) in [6.07, 6.45) is 3.24. The van der Waals surface area contributed by atoms with E-state index in [2.05, 4.69) is 9.97 Å². The predicted molar refractivity (Wildman–Crippen MR) is 95.2 cm³/mol. The van der Waals surface area contributed by atoms with Gasteiger partial charge < -0.3 is 14.7 Å². The number of halogens is 1. The van der Waals surface area contributed by atoms with Crippen molar-refractivity contribution in [3.05, 3.63) is 22.7 Å². The average Bonchev–Trinajstić information content (AvgIpc) is 3.11. The number of ether oxygens (including phenoxy) is 1. The van der Waals surface area contributed by atoms with Crippen molar-refractivity contribution >= 4 is 23.5 Å². The molecule has 0 aliphatic carbocycles. The van der Waals surface area contributed by atoms with E-state index in [4.69, 9.17) is 16.3 Å². The standard InChI is InChI=1S/C18H24ClN3O4/c1-10(2)16-20-9-13(19)14(21-16)17(23)22-6-3-11(4-7-22)15-12(18(24)25)5-8-26-15/h9-12,15H,3-8H2,1-2H3,(H,24,25)/t12?,15-/m0/s1. The fourth-order valence-corrected chi connectivity index (χ4v) is 3.90. The van der Waals surface area contributed by atoms with Crippen LogP contribution in [0.25, 0.3) is 0 Å². The molecule has 3 heterocycles. The fraction of sp³-hybridized carbons (Fsp3) is 0.667. The number of hydrogen-bond acceptors (Lipinski definition) is 5. The summed E-state index contributed by atoms with van der Waals surface area (Å²) in [4.78, 5) is 34.4. The zero-order valence-electron chi connectivity index (χ0n) is 15.0. The van der Waals surface area contributed by atoms with Gasteiger partial charge in [-0.25, -0.2) is 9.97 Å². The number of nitrogens with zero attached hydrogens (tertiary/aromatic N) is 3. The summed E-state index contributed by atoms with van der Waals surface area (Å²) in [5.74, 6) is -0.560.